The summed E-state index contributed by atoms with van der Waals surface area (Å²) in [6.45, 7) is 1.84. The van der Waals surface area contributed by atoms with Gasteiger partial charge in [0.2, 0.25) is 15.9 Å². The van der Waals surface area contributed by atoms with E-state index in [0.29, 0.717) is 5.56 Å². The van der Waals surface area contributed by atoms with E-state index >= 15 is 0 Å². The highest BCUT2D eigenvalue weighted by atomic mass is 32.2. The summed E-state index contributed by atoms with van der Waals surface area (Å²) in [5, 5.41) is 0. The number of morpholine rings is 1. The zero-order valence-corrected chi connectivity index (χ0v) is 12.3. The molecule has 0 aromatic heterocycles. The Bertz CT molecular complexity index is 635. The molecule has 1 aromatic carbocycles. The van der Waals surface area contributed by atoms with Gasteiger partial charge in [0.05, 0.1) is 18.5 Å². The summed E-state index contributed by atoms with van der Waals surface area (Å²) < 4.78 is 44.4. The fourth-order valence-electron chi connectivity index (χ4n) is 2.40. The molecule has 1 aliphatic heterocycles. The fraction of sp³-hybridized carbons (Fsp3) is 0.462. The summed E-state index contributed by atoms with van der Waals surface area (Å²) in [5.41, 5.74) is 5.59. The number of amides is 1. The van der Waals surface area contributed by atoms with Crippen molar-refractivity contribution in [3.8, 4) is 0 Å². The third-order valence-electron chi connectivity index (χ3n) is 3.33. The topological polar surface area (TPSA) is 89.7 Å². The van der Waals surface area contributed by atoms with Gasteiger partial charge in [0.15, 0.2) is 0 Å². The molecule has 0 bridgehead atoms. The molecular formula is C13H17FN2O4S. The van der Waals surface area contributed by atoms with Crippen LogP contribution in [0.15, 0.2) is 24.3 Å². The van der Waals surface area contributed by atoms with Gasteiger partial charge in [-0.3, -0.25) is 4.79 Å². The molecule has 1 aliphatic rings. The molecule has 1 aromatic rings. The summed E-state index contributed by atoms with van der Waals surface area (Å²) in [5.74, 6) is -1.66. The van der Waals surface area contributed by atoms with Crippen LogP contribution in [0.25, 0.3) is 0 Å². The standard InChI is InChI=1S/C13H17FN2O4S/c1-9-12(13(15)17)16(5-6-20-9)21(18,19)8-10-3-2-4-11(14)7-10/h2-4,7,9,12H,5-6,8H2,1H3,(H2,15,17)/t9-,12+/m1/s1. The lowest BCUT2D eigenvalue weighted by Crippen LogP contribution is -2.58. The second-order valence-corrected chi connectivity index (χ2v) is 6.84. The monoisotopic (exact) mass is 316 g/mol. The maximum Gasteiger partial charge on any atom is 0.238 e. The Morgan fingerprint density at radius 3 is 2.86 bits per heavy atom. The number of hydrogen-bond donors (Lipinski definition) is 1. The molecule has 6 nitrogen and oxygen atoms in total. The Hall–Kier alpha value is -1.51. The lowest BCUT2D eigenvalue weighted by atomic mass is 10.1. The van der Waals surface area contributed by atoms with Crippen molar-refractivity contribution in [3.63, 3.8) is 0 Å². The highest BCUT2D eigenvalue weighted by Crippen LogP contribution is 2.21. The van der Waals surface area contributed by atoms with Gasteiger partial charge in [-0.1, -0.05) is 12.1 Å². The Morgan fingerprint density at radius 2 is 2.24 bits per heavy atom. The zero-order chi connectivity index (χ0) is 15.6. The smallest absolute Gasteiger partial charge is 0.238 e. The van der Waals surface area contributed by atoms with Crippen LogP contribution in [-0.4, -0.2) is 43.9 Å². The second-order valence-electron chi connectivity index (χ2n) is 4.92. The molecular weight excluding hydrogens is 299 g/mol. The van der Waals surface area contributed by atoms with Gasteiger partial charge >= 0.3 is 0 Å². The van der Waals surface area contributed by atoms with E-state index in [2.05, 4.69) is 0 Å². The molecule has 1 fully saturated rings. The van der Waals surface area contributed by atoms with Crippen LogP contribution in [0.4, 0.5) is 4.39 Å². The van der Waals surface area contributed by atoms with Gasteiger partial charge in [-0.05, 0) is 24.6 Å². The number of ether oxygens (including phenoxy) is 1. The normalized spacial score (nSPS) is 23.9. The van der Waals surface area contributed by atoms with Gasteiger partial charge in [-0.25, -0.2) is 12.8 Å². The number of rotatable bonds is 4. The molecule has 2 atom stereocenters. The van der Waals surface area contributed by atoms with Crippen molar-refractivity contribution in [3.05, 3.63) is 35.6 Å². The Labute approximate surface area is 122 Å². The van der Waals surface area contributed by atoms with Gasteiger partial charge < -0.3 is 10.5 Å². The van der Waals surface area contributed by atoms with Crippen LogP contribution < -0.4 is 5.73 Å². The Balaban J connectivity index is 2.27. The van der Waals surface area contributed by atoms with Crippen molar-refractivity contribution < 1.29 is 22.3 Å². The van der Waals surface area contributed by atoms with E-state index in [0.717, 1.165) is 10.4 Å². The molecule has 0 spiro atoms. The maximum atomic E-state index is 13.1. The first-order valence-electron chi connectivity index (χ1n) is 6.46. The molecule has 0 aliphatic carbocycles. The molecule has 2 N–H and O–H groups in total. The van der Waals surface area contributed by atoms with Crippen LogP contribution in [0.1, 0.15) is 12.5 Å². The minimum absolute atomic E-state index is 0.0512. The summed E-state index contributed by atoms with van der Waals surface area (Å²) in [4.78, 5) is 11.5. The molecule has 0 unspecified atom stereocenters. The maximum absolute atomic E-state index is 13.1. The zero-order valence-electron chi connectivity index (χ0n) is 11.5. The van der Waals surface area contributed by atoms with Gasteiger partial charge in [0.1, 0.15) is 11.9 Å². The molecule has 1 saturated heterocycles. The fourth-order valence-corrected chi connectivity index (χ4v) is 4.14. The SMILES string of the molecule is C[C@H]1OCCN(S(=O)(=O)Cc2cccc(F)c2)[C@@H]1C(N)=O. The van der Waals surface area contributed by atoms with Crippen molar-refractivity contribution in [2.45, 2.75) is 24.8 Å². The minimum Gasteiger partial charge on any atom is -0.375 e. The molecule has 1 heterocycles. The van der Waals surface area contributed by atoms with Gasteiger partial charge in [-0.2, -0.15) is 4.31 Å². The second kappa shape index (κ2) is 6.08. The number of hydrogen-bond acceptors (Lipinski definition) is 4. The van der Waals surface area contributed by atoms with Crippen molar-refractivity contribution in [1.82, 2.24) is 4.31 Å². The number of nitrogens with zero attached hydrogens (tertiary/aromatic N) is 1. The first kappa shape index (κ1) is 15.9. The number of halogens is 1. The van der Waals surface area contributed by atoms with E-state index in [9.17, 15) is 17.6 Å². The predicted molar refractivity (Wildman–Crippen MR) is 74.1 cm³/mol. The largest absolute Gasteiger partial charge is 0.375 e. The summed E-state index contributed by atoms with van der Waals surface area (Å²) >= 11 is 0. The van der Waals surface area contributed by atoms with Crippen molar-refractivity contribution in [2.24, 2.45) is 5.73 Å². The van der Waals surface area contributed by atoms with Crippen LogP contribution >= 0.6 is 0 Å². The number of carbonyl (C=O) groups is 1. The predicted octanol–water partition coefficient (Wildman–Crippen LogP) is 0.230. The molecule has 0 radical (unpaired) electrons. The molecule has 1 amide bonds. The molecule has 21 heavy (non-hydrogen) atoms. The summed E-state index contributed by atoms with van der Waals surface area (Å²) in [6.07, 6.45) is -0.612. The molecule has 8 heteroatoms. The average molecular weight is 316 g/mol. The number of benzene rings is 1. The quantitative estimate of drug-likeness (QED) is 0.861. The van der Waals surface area contributed by atoms with E-state index in [4.69, 9.17) is 10.5 Å². The number of primary amides is 1. The highest BCUT2D eigenvalue weighted by molar-refractivity contribution is 7.88. The molecule has 2 rings (SSSR count). The molecule has 116 valence electrons. The van der Waals surface area contributed by atoms with E-state index in [1.807, 2.05) is 0 Å². The number of sulfonamides is 1. The highest BCUT2D eigenvalue weighted by Gasteiger charge is 2.40. The first-order chi connectivity index (χ1) is 9.81. The summed E-state index contributed by atoms with van der Waals surface area (Å²) in [6, 6.07) is 4.30. The van der Waals surface area contributed by atoms with Crippen molar-refractivity contribution in [2.75, 3.05) is 13.2 Å². The van der Waals surface area contributed by atoms with Gasteiger partial charge in [-0.15, -0.1) is 0 Å². The lowest BCUT2D eigenvalue weighted by molar-refractivity contribution is -0.130. The van der Waals surface area contributed by atoms with Crippen LogP contribution in [0, 0.1) is 5.82 Å². The third-order valence-corrected chi connectivity index (χ3v) is 5.16. The van der Waals surface area contributed by atoms with Crippen LogP contribution in [0.5, 0.6) is 0 Å². The van der Waals surface area contributed by atoms with Gasteiger partial charge in [0.25, 0.3) is 0 Å². The minimum atomic E-state index is -3.79. The van der Waals surface area contributed by atoms with E-state index in [1.165, 1.54) is 18.2 Å². The Morgan fingerprint density at radius 1 is 1.52 bits per heavy atom. The van der Waals surface area contributed by atoms with Crippen LogP contribution in [0.2, 0.25) is 0 Å². The van der Waals surface area contributed by atoms with Crippen molar-refractivity contribution >= 4 is 15.9 Å². The number of nitrogens with two attached hydrogens (primary N) is 1. The van der Waals surface area contributed by atoms with Gasteiger partial charge in [0, 0.05) is 6.54 Å². The third kappa shape index (κ3) is 3.58. The lowest BCUT2D eigenvalue weighted by Gasteiger charge is -2.36. The van der Waals surface area contributed by atoms with E-state index in [1.54, 1.807) is 6.92 Å². The summed E-state index contributed by atoms with van der Waals surface area (Å²) in [7, 11) is -3.79. The number of carbonyl (C=O) groups excluding carboxylic acids is 1. The van der Waals surface area contributed by atoms with E-state index in [-0.39, 0.29) is 18.9 Å². The Kier molecular flexibility index (Phi) is 4.60. The van der Waals surface area contributed by atoms with Crippen LogP contribution in [0.3, 0.4) is 0 Å². The first-order valence-corrected chi connectivity index (χ1v) is 8.07. The van der Waals surface area contributed by atoms with Crippen molar-refractivity contribution in [1.29, 1.82) is 0 Å². The molecule has 0 saturated carbocycles. The average Bonchev–Trinajstić information content (AvgIpc) is 2.37. The van der Waals surface area contributed by atoms with Crippen LogP contribution in [-0.2, 0) is 25.3 Å². The van der Waals surface area contributed by atoms with E-state index < -0.39 is 33.9 Å².